The number of hydrogen-bond acceptors (Lipinski definition) is 2. The molecule has 1 aromatic heterocycles. The molecule has 1 aliphatic rings. The molecule has 1 fully saturated rings. The maximum atomic E-state index is 6.08. The van der Waals surface area contributed by atoms with E-state index in [0.717, 1.165) is 19.6 Å². The van der Waals surface area contributed by atoms with Crippen molar-refractivity contribution >= 4 is 0 Å². The number of ether oxygens (including phenoxy) is 1. The predicted octanol–water partition coefficient (Wildman–Crippen LogP) is 3.19. The molecule has 0 aliphatic carbocycles. The van der Waals surface area contributed by atoms with E-state index in [-0.39, 0.29) is 5.60 Å². The molecule has 3 nitrogen and oxygen atoms in total. The van der Waals surface area contributed by atoms with Crippen molar-refractivity contribution in [3.05, 3.63) is 24.0 Å². The summed E-state index contributed by atoms with van der Waals surface area (Å²) < 4.78 is 8.41. The van der Waals surface area contributed by atoms with Gasteiger partial charge in [0.2, 0.25) is 0 Å². The Balaban J connectivity index is 1.86. The number of hydrogen-bond donors (Lipinski definition) is 1. The van der Waals surface area contributed by atoms with Crippen LogP contribution >= 0.6 is 0 Å². The van der Waals surface area contributed by atoms with Crippen LogP contribution in [0.25, 0.3) is 0 Å². The minimum absolute atomic E-state index is 0.0634. The highest BCUT2D eigenvalue weighted by Gasteiger charge is 2.31. The number of nitrogens with zero attached hydrogens (tertiary/aromatic N) is 1. The fraction of sp³-hybridized carbons (Fsp3) is 0.750. The highest BCUT2D eigenvalue weighted by atomic mass is 16.5. The Morgan fingerprint density at radius 2 is 2.26 bits per heavy atom. The molecule has 2 heterocycles. The Morgan fingerprint density at radius 1 is 1.47 bits per heavy atom. The van der Waals surface area contributed by atoms with Gasteiger partial charge in [-0.2, -0.15) is 0 Å². The number of aromatic nitrogens is 1. The minimum Gasteiger partial charge on any atom is -0.370 e. The Hall–Kier alpha value is -0.800. The van der Waals surface area contributed by atoms with Crippen molar-refractivity contribution in [2.75, 3.05) is 6.54 Å². The van der Waals surface area contributed by atoms with Crippen LogP contribution in [0.3, 0.4) is 0 Å². The second kappa shape index (κ2) is 6.10. The molecule has 1 N–H and O–H groups in total. The minimum atomic E-state index is 0.0634. The van der Waals surface area contributed by atoms with E-state index < -0.39 is 0 Å². The van der Waals surface area contributed by atoms with Crippen molar-refractivity contribution in [2.24, 2.45) is 5.92 Å². The van der Waals surface area contributed by atoms with E-state index in [1.165, 1.54) is 18.5 Å². The summed E-state index contributed by atoms with van der Waals surface area (Å²) in [6.45, 7) is 11.8. The van der Waals surface area contributed by atoms with Crippen LogP contribution in [0, 0.1) is 5.92 Å². The second-order valence-corrected chi connectivity index (χ2v) is 6.71. The summed E-state index contributed by atoms with van der Waals surface area (Å²) in [4.78, 5) is 0. The van der Waals surface area contributed by atoms with Crippen LogP contribution in [0.5, 0.6) is 0 Å². The van der Waals surface area contributed by atoms with Gasteiger partial charge in [0.1, 0.15) is 0 Å². The summed E-state index contributed by atoms with van der Waals surface area (Å²) in [7, 11) is 0. The summed E-state index contributed by atoms with van der Waals surface area (Å²) in [6, 6.07) is 4.33. The van der Waals surface area contributed by atoms with Gasteiger partial charge in [0.25, 0.3) is 0 Å². The summed E-state index contributed by atoms with van der Waals surface area (Å²) >= 11 is 0. The lowest BCUT2D eigenvalue weighted by molar-refractivity contribution is -0.0219. The summed E-state index contributed by atoms with van der Waals surface area (Å²) in [5.74, 6) is 0.697. The van der Waals surface area contributed by atoms with Gasteiger partial charge < -0.3 is 14.6 Å². The average Bonchev–Trinajstić information content (AvgIpc) is 2.86. The SMILES string of the molecule is CC(C)CNCc1cccn1CC1CCC(C)(C)O1. The van der Waals surface area contributed by atoms with Crippen molar-refractivity contribution < 1.29 is 4.74 Å². The number of rotatable bonds is 6. The normalized spacial score (nSPS) is 22.3. The molecule has 108 valence electrons. The third-order valence-electron chi connectivity index (χ3n) is 3.74. The second-order valence-electron chi connectivity index (χ2n) is 6.71. The quantitative estimate of drug-likeness (QED) is 0.854. The average molecular weight is 264 g/mol. The molecule has 2 rings (SSSR count). The van der Waals surface area contributed by atoms with Crippen LogP contribution in [-0.4, -0.2) is 22.8 Å². The van der Waals surface area contributed by atoms with Gasteiger partial charge in [-0.25, -0.2) is 0 Å². The first-order valence-corrected chi connectivity index (χ1v) is 7.49. The monoisotopic (exact) mass is 264 g/mol. The molecule has 0 aromatic carbocycles. The van der Waals surface area contributed by atoms with Gasteiger partial charge in [-0.15, -0.1) is 0 Å². The van der Waals surface area contributed by atoms with Crippen LogP contribution in [0.4, 0.5) is 0 Å². The van der Waals surface area contributed by atoms with E-state index >= 15 is 0 Å². The van der Waals surface area contributed by atoms with E-state index in [0.29, 0.717) is 12.0 Å². The van der Waals surface area contributed by atoms with Crippen molar-refractivity contribution in [1.82, 2.24) is 9.88 Å². The van der Waals surface area contributed by atoms with Gasteiger partial charge >= 0.3 is 0 Å². The lowest BCUT2D eigenvalue weighted by atomic mass is 10.1. The smallest absolute Gasteiger partial charge is 0.0762 e. The maximum absolute atomic E-state index is 6.08. The maximum Gasteiger partial charge on any atom is 0.0762 e. The molecule has 0 radical (unpaired) electrons. The molecule has 1 saturated heterocycles. The van der Waals surface area contributed by atoms with E-state index in [4.69, 9.17) is 4.74 Å². The fourth-order valence-electron chi connectivity index (χ4n) is 2.70. The lowest BCUT2D eigenvalue weighted by Crippen LogP contribution is -2.25. The van der Waals surface area contributed by atoms with Crippen molar-refractivity contribution in [1.29, 1.82) is 0 Å². The largest absolute Gasteiger partial charge is 0.370 e. The van der Waals surface area contributed by atoms with Crippen LogP contribution in [0.1, 0.15) is 46.2 Å². The van der Waals surface area contributed by atoms with Gasteiger partial charge in [0.05, 0.1) is 11.7 Å². The van der Waals surface area contributed by atoms with E-state index in [9.17, 15) is 0 Å². The standard InChI is InChI=1S/C16H28N2O/c1-13(2)10-17-11-14-6-5-9-18(14)12-15-7-8-16(3,4)19-15/h5-6,9,13,15,17H,7-8,10-12H2,1-4H3. The van der Waals surface area contributed by atoms with Crippen LogP contribution in [-0.2, 0) is 17.8 Å². The Labute approximate surface area is 117 Å². The summed E-state index contributed by atoms with van der Waals surface area (Å²) in [5, 5.41) is 3.51. The topological polar surface area (TPSA) is 26.2 Å². The molecule has 0 amide bonds. The van der Waals surface area contributed by atoms with Gasteiger partial charge in [-0.3, -0.25) is 0 Å². The van der Waals surface area contributed by atoms with Gasteiger partial charge in [0, 0.05) is 25.0 Å². The zero-order valence-corrected chi connectivity index (χ0v) is 12.8. The number of nitrogens with one attached hydrogen (secondary N) is 1. The van der Waals surface area contributed by atoms with Crippen LogP contribution in [0.15, 0.2) is 18.3 Å². The van der Waals surface area contributed by atoms with Crippen LogP contribution < -0.4 is 5.32 Å². The highest BCUT2D eigenvalue weighted by Crippen LogP contribution is 2.30. The van der Waals surface area contributed by atoms with E-state index in [1.807, 2.05) is 0 Å². The molecule has 1 unspecified atom stereocenters. The first-order valence-electron chi connectivity index (χ1n) is 7.49. The zero-order chi connectivity index (χ0) is 13.9. The van der Waals surface area contributed by atoms with Crippen molar-refractivity contribution in [3.63, 3.8) is 0 Å². The molecular formula is C16H28N2O. The molecule has 3 heteroatoms. The third kappa shape index (κ3) is 4.36. The predicted molar refractivity (Wildman–Crippen MR) is 79.2 cm³/mol. The first-order chi connectivity index (χ1) is 8.96. The van der Waals surface area contributed by atoms with Gasteiger partial charge in [-0.05, 0) is 51.3 Å². The molecule has 0 saturated carbocycles. The van der Waals surface area contributed by atoms with Crippen molar-refractivity contribution in [2.45, 2.75) is 65.3 Å². The Bertz CT molecular complexity index is 395. The molecule has 1 aliphatic heterocycles. The third-order valence-corrected chi connectivity index (χ3v) is 3.74. The fourth-order valence-corrected chi connectivity index (χ4v) is 2.70. The van der Waals surface area contributed by atoms with Crippen molar-refractivity contribution in [3.8, 4) is 0 Å². The molecule has 0 spiro atoms. The van der Waals surface area contributed by atoms with Crippen LogP contribution in [0.2, 0.25) is 0 Å². The Morgan fingerprint density at radius 3 is 2.89 bits per heavy atom. The lowest BCUT2D eigenvalue weighted by Gasteiger charge is -2.20. The molecular weight excluding hydrogens is 236 g/mol. The van der Waals surface area contributed by atoms with E-state index in [1.54, 1.807) is 0 Å². The van der Waals surface area contributed by atoms with E-state index in [2.05, 4.69) is 55.9 Å². The Kier molecular flexibility index (Phi) is 4.69. The molecule has 0 bridgehead atoms. The summed E-state index contributed by atoms with van der Waals surface area (Å²) in [6.07, 6.45) is 4.87. The highest BCUT2D eigenvalue weighted by molar-refractivity contribution is 5.07. The summed E-state index contributed by atoms with van der Waals surface area (Å²) in [5.41, 5.74) is 1.42. The molecule has 19 heavy (non-hydrogen) atoms. The molecule has 1 atom stereocenters. The molecule has 1 aromatic rings. The zero-order valence-electron chi connectivity index (χ0n) is 12.8. The first kappa shape index (κ1) is 14.6. The van der Waals surface area contributed by atoms with Gasteiger partial charge in [0.15, 0.2) is 0 Å². The van der Waals surface area contributed by atoms with Gasteiger partial charge in [-0.1, -0.05) is 13.8 Å².